The first kappa shape index (κ1) is 15.9. The molecule has 0 bridgehead atoms. The molecule has 1 saturated heterocycles. The van der Waals surface area contributed by atoms with E-state index >= 15 is 0 Å². The standard InChI is InChI=1S/C15H22ClN3O2/c1-18(9-10-20)15(21)17-13-11-12(16)5-6-14(13)19-7-3-2-4-8-19/h5-6,11,20H,2-4,7-10H2,1H3,(H,17,21). The Hall–Kier alpha value is -1.46. The molecule has 2 amide bonds. The molecule has 0 saturated carbocycles. The average molecular weight is 312 g/mol. The Morgan fingerprint density at radius 2 is 2.10 bits per heavy atom. The lowest BCUT2D eigenvalue weighted by molar-refractivity contribution is 0.202. The molecule has 1 fully saturated rings. The topological polar surface area (TPSA) is 55.8 Å². The number of likely N-dealkylation sites (N-methyl/N-ethyl adjacent to an activating group) is 1. The van der Waals surface area contributed by atoms with Gasteiger partial charge in [-0.3, -0.25) is 0 Å². The molecule has 0 unspecified atom stereocenters. The van der Waals surface area contributed by atoms with Gasteiger partial charge >= 0.3 is 6.03 Å². The summed E-state index contributed by atoms with van der Waals surface area (Å²) in [5, 5.41) is 12.4. The zero-order chi connectivity index (χ0) is 15.2. The molecule has 0 radical (unpaired) electrons. The van der Waals surface area contributed by atoms with Crippen LogP contribution < -0.4 is 10.2 Å². The number of halogens is 1. The molecular formula is C15H22ClN3O2. The van der Waals surface area contributed by atoms with E-state index in [4.69, 9.17) is 16.7 Å². The van der Waals surface area contributed by atoms with Crippen LogP contribution in [0.1, 0.15) is 19.3 Å². The third-order valence-corrected chi connectivity index (χ3v) is 3.91. The molecule has 1 aliphatic rings. The lowest BCUT2D eigenvalue weighted by Gasteiger charge is -2.31. The number of aliphatic hydroxyl groups excluding tert-OH is 1. The van der Waals surface area contributed by atoms with Crippen LogP contribution >= 0.6 is 11.6 Å². The average Bonchev–Trinajstić information content (AvgIpc) is 2.48. The number of amides is 2. The van der Waals surface area contributed by atoms with E-state index in [2.05, 4.69) is 10.2 Å². The first-order valence-corrected chi connectivity index (χ1v) is 7.67. The molecule has 116 valence electrons. The minimum Gasteiger partial charge on any atom is -0.395 e. The first-order valence-electron chi connectivity index (χ1n) is 7.29. The third kappa shape index (κ3) is 4.25. The molecule has 5 nitrogen and oxygen atoms in total. The van der Waals surface area contributed by atoms with Crippen LogP contribution in [0, 0.1) is 0 Å². The van der Waals surface area contributed by atoms with E-state index < -0.39 is 0 Å². The van der Waals surface area contributed by atoms with Crippen LogP contribution in [0.25, 0.3) is 0 Å². The van der Waals surface area contributed by atoms with Crippen molar-refractivity contribution in [3.05, 3.63) is 23.2 Å². The Morgan fingerprint density at radius 3 is 2.76 bits per heavy atom. The second kappa shape index (κ2) is 7.52. The van der Waals surface area contributed by atoms with Crippen LogP contribution in [-0.2, 0) is 0 Å². The Balaban J connectivity index is 2.16. The summed E-state index contributed by atoms with van der Waals surface area (Å²) in [6.45, 7) is 2.23. The summed E-state index contributed by atoms with van der Waals surface area (Å²) in [6, 6.07) is 5.33. The fourth-order valence-electron chi connectivity index (χ4n) is 2.48. The summed E-state index contributed by atoms with van der Waals surface area (Å²) in [7, 11) is 1.65. The van der Waals surface area contributed by atoms with Gasteiger partial charge in [0.05, 0.1) is 18.0 Å². The zero-order valence-electron chi connectivity index (χ0n) is 12.3. The van der Waals surface area contributed by atoms with Gasteiger partial charge in [-0.2, -0.15) is 0 Å². The van der Waals surface area contributed by atoms with Gasteiger partial charge in [0.1, 0.15) is 0 Å². The molecule has 1 heterocycles. The minimum absolute atomic E-state index is 0.0571. The van der Waals surface area contributed by atoms with E-state index in [-0.39, 0.29) is 12.6 Å². The van der Waals surface area contributed by atoms with E-state index in [9.17, 15) is 4.79 Å². The van der Waals surface area contributed by atoms with Gasteiger partial charge in [0.25, 0.3) is 0 Å². The van der Waals surface area contributed by atoms with Crippen LogP contribution in [0.15, 0.2) is 18.2 Å². The summed E-state index contributed by atoms with van der Waals surface area (Å²) in [6.07, 6.45) is 3.59. The van der Waals surface area contributed by atoms with Crippen LogP contribution in [0.3, 0.4) is 0 Å². The second-order valence-corrected chi connectivity index (χ2v) is 5.72. The number of urea groups is 1. The number of nitrogens with one attached hydrogen (secondary N) is 1. The maximum absolute atomic E-state index is 12.1. The molecule has 0 spiro atoms. The van der Waals surface area contributed by atoms with E-state index in [0.29, 0.717) is 11.6 Å². The maximum Gasteiger partial charge on any atom is 0.321 e. The van der Waals surface area contributed by atoms with Gasteiger partial charge in [-0.1, -0.05) is 11.6 Å². The quantitative estimate of drug-likeness (QED) is 0.899. The summed E-state index contributed by atoms with van der Waals surface area (Å²) in [5.74, 6) is 0. The number of nitrogens with zero attached hydrogens (tertiary/aromatic N) is 2. The fraction of sp³-hybridized carbons (Fsp3) is 0.533. The Morgan fingerprint density at radius 1 is 1.38 bits per heavy atom. The third-order valence-electron chi connectivity index (χ3n) is 3.68. The van der Waals surface area contributed by atoms with Crippen molar-refractivity contribution in [2.24, 2.45) is 0 Å². The number of piperidine rings is 1. The molecule has 0 atom stereocenters. The van der Waals surface area contributed by atoms with Crippen LogP contribution in [0.5, 0.6) is 0 Å². The van der Waals surface area contributed by atoms with E-state index in [1.165, 1.54) is 24.2 Å². The summed E-state index contributed by atoms with van der Waals surface area (Å²) >= 11 is 6.06. The molecule has 0 aromatic heterocycles. The monoisotopic (exact) mass is 311 g/mol. The highest BCUT2D eigenvalue weighted by molar-refractivity contribution is 6.31. The SMILES string of the molecule is CN(CCO)C(=O)Nc1cc(Cl)ccc1N1CCCCC1. The highest BCUT2D eigenvalue weighted by Crippen LogP contribution is 2.31. The van der Waals surface area contributed by atoms with Crippen molar-refractivity contribution in [3.63, 3.8) is 0 Å². The molecule has 6 heteroatoms. The number of anilines is 2. The smallest absolute Gasteiger partial charge is 0.321 e. The normalized spacial score (nSPS) is 14.9. The van der Waals surface area contributed by atoms with Crippen molar-refractivity contribution in [2.75, 3.05) is 43.5 Å². The van der Waals surface area contributed by atoms with E-state index in [1.807, 2.05) is 12.1 Å². The number of hydrogen-bond donors (Lipinski definition) is 2. The minimum atomic E-state index is -0.246. The van der Waals surface area contributed by atoms with Gasteiger partial charge in [-0.25, -0.2) is 4.79 Å². The van der Waals surface area contributed by atoms with Gasteiger partial charge in [-0.05, 0) is 37.5 Å². The van der Waals surface area contributed by atoms with Crippen LogP contribution in [-0.4, -0.2) is 49.3 Å². The number of aliphatic hydroxyl groups is 1. The predicted molar refractivity (Wildman–Crippen MR) is 86.3 cm³/mol. The van der Waals surface area contributed by atoms with Crippen molar-refractivity contribution in [3.8, 4) is 0 Å². The number of carbonyl (C=O) groups excluding carboxylic acids is 1. The predicted octanol–water partition coefficient (Wildman–Crippen LogP) is 2.79. The number of carbonyl (C=O) groups is 1. The molecule has 1 aromatic carbocycles. The molecular weight excluding hydrogens is 290 g/mol. The summed E-state index contributed by atoms with van der Waals surface area (Å²) in [4.78, 5) is 15.8. The van der Waals surface area contributed by atoms with E-state index in [0.717, 1.165) is 24.5 Å². The number of rotatable bonds is 4. The van der Waals surface area contributed by atoms with Gasteiger partial charge in [0.15, 0.2) is 0 Å². The molecule has 1 aliphatic heterocycles. The van der Waals surface area contributed by atoms with Crippen molar-refractivity contribution >= 4 is 29.0 Å². The molecule has 21 heavy (non-hydrogen) atoms. The Labute approximate surface area is 130 Å². The lowest BCUT2D eigenvalue weighted by Crippen LogP contribution is -2.35. The van der Waals surface area contributed by atoms with Crippen molar-refractivity contribution in [2.45, 2.75) is 19.3 Å². The van der Waals surface area contributed by atoms with Gasteiger partial charge in [-0.15, -0.1) is 0 Å². The van der Waals surface area contributed by atoms with Crippen molar-refractivity contribution < 1.29 is 9.90 Å². The van der Waals surface area contributed by atoms with E-state index in [1.54, 1.807) is 13.1 Å². The highest BCUT2D eigenvalue weighted by Gasteiger charge is 2.17. The van der Waals surface area contributed by atoms with Crippen molar-refractivity contribution in [1.82, 2.24) is 4.90 Å². The van der Waals surface area contributed by atoms with Gasteiger partial charge in [0, 0.05) is 31.7 Å². The Bertz CT molecular complexity index is 490. The molecule has 2 N–H and O–H groups in total. The maximum atomic E-state index is 12.1. The summed E-state index contributed by atoms with van der Waals surface area (Å²) < 4.78 is 0. The second-order valence-electron chi connectivity index (χ2n) is 5.28. The summed E-state index contributed by atoms with van der Waals surface area (Å²) in [5.41, 5.74) is 1.73. The molecule has 1 aromatic rings. The lowest BCUT2D eigenvalue weighted by atomic mass is 10.1. The first-order chi connectivity index (χ1) is 10.1. The molecule has 2 rings (SSSR count). The van der Waals surface area contributed by atoms with Crippen molar-refractivity contribution in [1.29, 1.82) is 0 Å². The number of hydrogen-bond acceptors (Lipinski definition) is 3. The zero-order valence-corrected chi connectivity index (χ0v) is 13.1. The number of benzene rings is 1. The molecule has 0 aliphatic carbocycles. The highest BCUT2D eigenvalue weighted by atomic mass is 35.5. The van der Waals surface area contributed by atoms with Crippen LogP contribution in [0.4, 0.5) is 16.2 Å². The van der Waals surface area contributed by atoms with Gasteiger partial charge < -0.3 is 20.2 Å². The fourth-order valence-corrected chi connectivity index (χ4v) is 2.65. The van der Waals surface area contributed by atoms with Crippen LogP contribution in [0.2, 0.25) is 5.02 Å². The largest absolute Gasteiger partial charge is 0.395 e. The van der Waals surface area contributed by atoms with Gasteiger partial charge in [0.2, 0.25) is 0 Å². The Kier molecular flexibility index (Phi) is 5.70.